The normalized spacial score (nSPS) is 17.8. The zero-order valence-electron chi connectivity index (χ0n) is 18.8. The average molecular weight is 465 g/mol. The van der Waals surface area contributed by atoms with Gasteiger partial charge in [-0.1, -0.05) is 24.3 Å². The number of aromatic nitrogens is 1. The fraction of sp³-hybridized carbons (Fsp3) is 0.250. The van der Waals surface area contributed by atoms with Crippen LogP contribution in [-0.4, -0.2) is 41.4 Å². The molecule has 8 nitrogen and oxygen atoms in total. The summed E-state index contributed by atoms with van der Waals surface area (Å²) in [5.41, 5.74) is 3.39. The highest BCUT2D eigenvalue weighted by molar-refractivity contribution is 7.14. The quantitative estimate of drug-likeness (QED) is 0.540. The van der Waals surface area contributed by atoms with Crippen LogP contribution < -0.4 is 15.4 Å². The number of rotatable bonds is 6. The van der Waals surface area contributed by atoms with E-state index in [0.29, 0.717) is 16.4 Å². The lowest BCUT2D eigenvalue weighted by Crippen LogP contribution is -2.42. The molecule has 3 aromatic rings. The van der Waals surface area contributed by atoms with Crippen LogP contribution in [0.2, 0.25) is 0 Å². The molecular weight excluding hydrogens is 440 g/mol. The van der Waals surface area contributed by atoms with E-state index >= 15 is 0 Å². The van der Waals surface area contributed by atoms with Gasteiger partial charge in [0.15, 0.2) is 5.13 Å². The number of benzene rings is 2. The minimum Gasteiger partial charge on any atom is -0.497 e. The lowest BCUT2D eigenvalue weighted by atomic mass is 9.92. The van der Waals surface area contributed by atoms with E-state index in [2.05, 4.69) is 15.6 Å². The summed E-state index contributed by atoms with van der Waals surface area (Å²) in [6.07, 6.45) is 0. The van der Waals surface area contributed by atoms with Gasteiger partial charge in [-0.25, -0.2) is 9.78 Å². The fourth-order valence-corrected chi connectivity index (χ4v) is 4.36. The van der Waals surface area contributed by atoms with Gasteiger partial charge in [-0.15, -0.1) is 11.3 Å². The molecule has 1 aliphatic rings. The van der Waals surface area contributed by atoms with Crippen molar-refractivity contribution >= 4 is 34.3 Å². The van der Waals surface area contributed by atoms with E-state index in [4.69, 9.17) is 4.74 Å². The molecule has 1 atom stereocenters. The minimum absolute atomic E-state index is 0.401. The Hall–Kier alpha value is -3.72. The molecule has 0 bridgehead atoms. The van der Waals surface area contributed by atoms with Gasteiger partial charge in [-0.05, 0) is 55.7 Å². The van der Waals surface area contributed by atoms with Gasteiger partial charge in [0.05, 0.1) is 12.8 Å². The number of urea groups is 1. The number of carbonyl (C=O) groups excluding carboxylic acids is 3. The molecule has 1 unspecified atom stereocenters. The van der Waals surface area contributed by atoms with Gasteiger partial charge in [0.1, 0.15) is 17.8 Å². The summed E-state index contributed by atoms with van der Waals surface area (Å²) in [5.74, 6) is -0.361. The first-order chi connectivity index (χ1) is 15.7. The molecule has 1 saturated heterocycles. The zero-order chi connectivity index (χ0) is 23.8. The Kier molecular flexibility index (Phi) is 5.90. The zero-order valence-corrected chi connectivity index (χ0v) is 19.6. The number of carbonyl (C=O) groups is 3. The molecule has 9 heteroatoms. The molecule has 4 rings (SSSR count). The number of hydrogen-bond acceptors (Lipinski definition) is 6. The molecule has 0 spiro atoms. The molecule has 2 N–H and O–H groups in total. The van der Waals surface area contributed by atoms with E-state index in [-0.39, 0.29) is 0 Å². The van der Waals surface area contributed by atoms with Crippen molar-refractivity contribution in [3.05, 3.63) is 64.5 Å². The Morgan fingerprint density at radius 2 is 1.88 bits per heavy atom. The van der Waals surface area contributed by atoms with Crippen molar-refractivity contribution in [3.8, 4) is 17.0 Å². The van der Waals surface area contributed by atoms with E-state index < -0.39 is 29.9 Å². The first-order valence-electron chi connectivity index (χ1n) is 10.3. The Morgan fingerprint density at radius 3 is 2.55 bits per heavy atom. The van der Waals surface area contributed by atoms with Gasteiger partial charge < -0.3 is 15.4 Å². The van der Waals surface area contributed by atoms with Gasteiger partial charge in [0.2, 0.25) is 5.91 Å². The molecule has 0 radical (unpaired) electrons. The molecule has 0 saturated carbocycles. The molecule has 4 amide bonds. The highest BCUT2D eigenvalue weighted by Crippen LogP contribution is 2.30. The van der Waals surface area contributed by atoms with Crippen molar-refractivity contribution in [1.82, 2.24) is 15.2 Å². The number of aryl methyl sites for hydroxylation is 2. The third-order valence-electron chi connectivity index (χ3n) is 5.80. The molecule has 1 fully saturated rings. The van der Waals surface area contributed by atoms with Gasteiger partial charge in [-0.2, -0.15) is 0 Å². The van der Waals surface area contributed by atoms with E-state index in [0.717, 1.165) is 21.7 Å². The number of thiazole rings is 1. The maximum atomic E-state index is 13.0. The maximum Gasteiger partial charge on any atom is 0.325 e. The lowest BCUT2D eigenvalue weighted by molar-refractivity contribution is -0.133. The fourth-order valence-electron chi connectivity index (χ4n) is 3.63. The molecular formula is C24H24N4O4S. The Morgan fingerprint density at radius 1 is 1.15 bits per heavy atom. The SMILES string of the molecule is COc1ccc(C2(C)NC(=O)N(CC(=O)Nc3nc(-c4ccc(C)c(C)c4)cs3)C2=O)cc1. The molecule has 2 heterocycles. The van der Waals surface area contributed by atoms with Crippen LogP contribution in [-0.2, 0) is 15.1 Å². The maximum absolute atomic E-state index is 13.0. The molecule has 1 aromatic heterocycles. The van der Waals surface area contributed by atoms with Gasteiger partial charge in [-0.3, -0.25) is 14.5 Å². The summed E-state index contributed by atoms with van der Waals surface area (Å²) >= 11 is 1.28. The Balaban J connectivity index is 1.44. The van der Waals surface area contributed by atoms with Crippen LogP contribution in [0, 0.1) is 13.8 Å². The molecule has 33 heavy (non-hydrogen) atoms. The van der Waals surface area contributed by atoms with Gasteiger partial charge in [0, 0.05) is 10.9 Å². The predicted molar refractivity (Wildman–Crippen MR) is 126 cm³/mol. The first kappa shape index (κ1) is 22.5. The summed E-state index contributed by atoms with van der Waals surface area (Å²) in [6.45, 7) is 5.28. The number of nitrogens with zero attached hydrogens (tertiary/aromatic N) is 2. The number of ether oxygens (including phenoxy) is 1. The van der Waals surface area contributed by atoms with E-state index in [9.17, 15) is 14.4 Å². The summed E-state index contributed by atoms with van der Waals surface area (Å²) in [4.78, 5) is 43.5. The predicted octanol–water partition coefficient (Wildman–Crippen LogP) is 3.84. The smallest absolute Gasteiger partial charge is 0.325 e. The first-order valence-corrected chi connectivity index (χ1v) is 11.2. The van der Waals surface area contributed by atoms with Crippen LogP contribution in [0.4, 0.5) is 9.93 Å². The minimum atomic E-state index is -1.26. The summed E-state index contributed by atoms with van der Waals surface area (Å²) < 4.78 is 5.14. The van der Waals surface area contributed by atoms with Crippen molar-refractivity contribution < 1.29 is 19.1 Å². The van der Waals surface area contributed by atoms with Gasteiger partial charge >= 0.3 is 6.03 Å². The second-order valence-corrected chi connectivity index (χ2v) is 8.92. The summed E-state index contributed by atoms with van der Waals surface area (Å²) in [7, 11) is 1.55. The van der Waals surface area contributed by atoms with Crippen LogP contribution in [0.5, 0.6) is 5.75 Å². The monoisotopic (exact) mass is 464 g/mol. The van der Waals surface area contributed by atoms with Crippen LogP contribution >= 0.6 is 11.3 Å². The third kappa shape index (κ3) is 4.31. The largest absolute Gasteiger partial charge is 0.497 e. The van der Waals surface area contributed by atoms with Crippen molar-refractivity contribution in [2.45, 2.75) is 26.3 Å². The Labute approximate surface area is 195 Å². The van der Waals surface area contributed by atoms with Crippen molar-refractivity contribution in [2.75, 3.05) is 19.0 Å². The number of hydrogen-bond donors (Lipinski definition) is 2. The summed E-state index contributed by atoms with van der Waals surface area (Å²) in [5, 5.41) is 7.63. The van der Waals surface area contributed by atoms with Crippen LogP contribution in [0.15, 0.2) is 47.8 Å². The van der Waals surface area contributed by atoms with Crippen molar-refractivity contribution in [2.24, 2.45) is 0 Å². The Bertz CT molecular complexity index is 1240. The second-order valence-electron chi connectivity index (χ2n) is 8.06. The summed E-state index contributed by atoms with van der Waals surface area (Å²) in [6, 6.07) is 12.3. The topological polar surface area (TPSA) is 101 Å². The number of nitrogens with one attached hydrogen (secondary N) is 2. The van der Waals surface area contributed by atoms with Crippen LogP contribution in [0.3, 0.4) is 0 Å². The number of amides is 4. The van der Waals surface area contributed by atoms with Crippen molar-refractivity contribution in [1.29, 1.82) is 0 Å². The van der Waals surface area contributed by atoms with E-state index in [1.54, 1.807) is 38.3 Å². The third-order valence-corrected chi connectivity index (χ3v) is 6.55. The lowest BCUT2D eigenvalue weighted by Gasteiger charge is -2.22. The number of anilines is 1. The van der Waals surface area contributed by atoms with E-state index in [1.807, 2.05) is 37.4 Å². The molecule has 2 aromatic carbocycles. The standard InChI is InChI=1S/C24H24N4O4S/c1-14-5-6-16(11-15(14)2)19-13-33-22(25-19)26-20(29)12-28-21(30)24(3,27-23(28)31)17-7-9-18(32-4)10-8-17/h5-11,13H,12H2,1-4H3,(H,27,31)(H,25,26,29). The van der Waals surface area contributed by atoms with Crippen molar-refractivity contribution in [3.63, 3.8) is 0 Å². The number of methoxy groups -OCH3 is 1. The number of imide groups is 1. The molecule has 1 aliphatic heterocycles. The average Bonchev–Trinajstić information content (AvgIpc) is 3.34. The molecule has 170 valence electrons. The van der Waals surface area contributed by atoms with Crippen LogP contribution in [0.25, 0.3) is 11.3 Å². The second kappa shape index (κ2) is 8.67. The van der Waals surface area contributed by atoms with E-state index in [1.165, 1.54) is 16.9 Å². The molecule has 0 aliphatic carbocycles. The van der Waals surface area contributed by atoms with Crippen LogP contribution in [0.1, 0.15) is 23.6 Å². The highest BCUT2D eigenvalue weighted by atomic mass is 32.1. The van der Waals surface area contributed by atoms with Gasteiger partial charge in [0.25, 0.3) is 5.91 Å². The highest BCUT2D eigenvalue weighted by Gasteiger charge is 2.49.